The first-order chi connectivity index (χ1) is 13.5. The molecule has 1 aliphatic rings. The number of halogens is 2. The third-order valence-electron chi connectivity index (χ3n) is 4.57. The second kappa shape index (κ2) is 7.34. The van der Waals surface area contributed by atoms with Gasteiger partial charge < -0.3 is 19.4 Å². The van der Waals surface area contributed by atoms with Crippen molar-refractivity contribution in [2.45, 2.75) is 25.5 Å². The minimum atomic E-state index is -2.89. The molecule has 1 unspecified atom stereocenters. The van der Waals surface area contributed by atoms with Gasteiger partial charge in [0.05, 0.1) is 5.52 Å². The number of aromatic amines is 1. The van der Waals surface area contributed by atoms with Gasteiger partial charge in [0.1, 0.15) is 11.8 Å². The number of nitrogens with one attached hydrogen (secondary N) is 2. The Bertz CT molecular complexity index is 1050. The lowest BCUT2D eigenvalue weighted by Crippen LogP contribution is -2.47. The van der Waals surface area contributed by atoms with Gasteiger partial charge >= 0.3 is 12.4 Å². The fourth-order valence-electron chi connectivity index (χ4n) is 3.32. The summed E-state index contributed by atoms with van der Waals surface area (Å²) in [5.41, 5.74) is 2.29. The van der Waals surface area contributed by atoms with Crippen LogP contribution in [0.4, 0.5) is 20.2 Å². The summed E-state index contributed by atoms with van der Waals surface area (Å²) in [7, 11) is 0. The molecule has 1 saturated heterocycles. The molecule has 0 aliphatic carbocycles. The predicted octanol–water partition coefficient (Wildman–Crippen LogP) is 3.33. The zero-order valence-electron chi connectivity index (χ0n) is 14.7. The SMILES string of the molecule is O=C1C(Nc2ccc3oc(=O)[nH]c3c2)CCCN1c1ccc(OC(F)F)cc1. The number of aromatic nitrogens is 1. The smallest absolute Gasteiger partial charge is 0.417 e. The maximum absolute atomic E-state index is 12.9. The molecule has 3 aromatic rings. The van der Waals surface area contributed by atoms with Crippen molar-refractivity contribution in [3.8, 4) is 5.75 Å². The Morgan fingerprint density at radius 1 is 1.18 bits per heavy atom. The molecule has 1 aliphatic heterocycles. The van der Waals surface area contributed by atoms with Crippen molar-refractivity contribution in [3.63, 3.8) is 0 Å². The number of benzene rings is 2. The Morgan fingerprint density at radius 3 is 2.71 bits per heavy atom. The fourth-order valence-corrected chi connectivity index (χ4v) is 3.32. The van der Waals surface area contributed by atoms with Crippen molar-refractivity contribution in [3.05, 3.63) is 53.0 Å². The molecule has 7 nitrogen and oxygen atoms in total. The van der Waals surface area contributed by atoms with Crippen LogP contribution in [0.2, 0.25) is 0 Å². The Morgan fingerprint density at radius 2 is 1.96 bits per heavy atom. The summed E-state index contributed by atoms with van der Waals surface area (Å²) in [6.45, 7) is -2.35. The summed E-state index contributed by atoms with van der Waals surface area (Å²) in [6, 6.07) is 10.7. The van der Waals surface area contributed by atoms with Crippen LogP contribution in [-0.2, 0) is 4.79 Å². The van der Waals surface area contributed by atoms with Gasteiger partial charge in [-0.15, -0.1) is 0 Å². The highest BCUT2D eigenvalue weighted by Gasteiger charge is 2.29. The molecule has 0 saturated carbocycles. The first kappa shape index (κ1) is 18.0. The van der Waals surface area contributed by atoms with E-state index in [0.29, 0.717) is 35.4 Å². The van der Waals surface area contributed by atoms with Crippen LogP contribution in [-0.4, -0.2) is 30.1 Å². The van der Waals surface area contributed by atoms with Gasteiger partial charge in [-0.05, 0) is 55.3 Å². The van der Waals surface area contributed by atoms with E-state index in [9.17, 15) is 18.4 Å². The molecule has 9 heteroatoms. The molecule has 1 atom stereocenters. The van der Waals surface area contributed by atoms with E-state index in [1.165, 1.54) is 12.1 Å². The maximum Gasteiger partial charge on any atom is 0.417 e. The highest BCUT2D eigenvalue weighted by Crippen LogP contribution is 2.26. The lowest BCUT2D eigenvalue weighted by atomic mass is 10.0. The van der Waals surface area contributed by atoms with Crippen LogP contribution in [0.1, 0.15) is 12.8 Å². The van der Waals surface area contributed by atoms with Gasteiger partial charge in [0.25, 0.3) is 0 Å². The number of carbonyl (C=O) groups excluding carboxylic acids is 1. The molecule has 0 radical (unpaired) electrons. The number of fused-ring (bicyclic) bond motifs is 1. The summed E-state index contributed by atoms with van der Waals surface area (Å²) < 4.78 is 33.9. The zero-order chi connectivity index (χ0) is 19.7. The van der Waals surface area contributed by atoms with E-state index < -0.39 is 18.4 Å². The number of anilines is 2. The van der Waals surface area contributed by atoms with E-state index in [2.05, 4.69) is 15.0 Å². The first-order valence-corrected chi connectivity index (χ1v) is 8.75. The minimum absolute atomic E-state index is 0.0419. The molecular formula is C19H17F2N3O4. The van der Waals surface area contributed by atoms with Crippen LogP contribution in [0, 0.1) is 0 Å². The van der Waals surface area contributed by atoms with Gasteiger partial charge in [-0.1, -0.05) is 0 Å². The van der Waals surface area contributed by atoms with Crippen molar-refractivity contribution in [1.29, 1.82) is 0 Å². The molecular weight excluding hydrogens is 372 g/mol. The van der Waals surface area contributed by atoms with Crippen molar-refractivity contribution >= 4 is 28.4 Å². The monoisotopic (exact) mass is 389 g/mol. The Hall–Kier alpha value is -3.36. The lowest BCUT2D eigenvalue weighted by Gasteiger charge is -2.33. The normalized spacial score (nSPS) is 17.3. The number of carbonyl (C=O) groups is 1. The number of piperidine rings is 1. The highest BCUT2D eigenvalue weighted by atomic mass is 19.3. The molecule has 146 valence electrons. The number of rotatable bonds is 5. The first-order valence-electron chi connectivity index (χ1n) is 8.75. The average Bonchev–Trinajstić information content (AvgIpc) is 3.03. The molecule has 2 aromatic carbocycles. The zero-order valence-corrected chi connectivity index (χ0v) is 14.7. The number of nitrogens with zero attached hydrogens (tertiary/aromatic N) is 1. The fraction of sp³-hybridized carbons (Fsp3) is 0.263. The number of amides is 1. The van der Waals surface area contributed by atoms with Crippen LogP contribution < -0.4 is 20.7 Å². The van der Waals surface area contributed by atoms with Crippen LogP contribution in [0.25, 0.3) is 11.1 Å². The average molecular weight is 389 g/mol. The Labute approximate surface area is 157 Å². The number of oxazole rings is 1. The molecule has 4 rings (SSSR count). The quantitative estimate of drug-likeness (QED) is 0.699. The third kappa shape index (κ3) is 3.68. The van der Waals surface area contributed by atoms with Crippen molar-refractivity contribution in [2.75, 3.05) is 16.8 Å². The highest BCUT2D eigenvalue weighted by molar-refractivity contribution is 5.99. The molecule has 2 N–H and O–H groups in total. The van der Waals surface area contributed by atoms with Crippen molar-refractivity contribution in [1.82, 2.24) is 4.98 Å². The van der Waals surface area contributed by atoms with Crippen molar-refractivity contribution in [2.24, 2.45) is 0 Å². The van der Waals surface area contributed by atoms with Gasteiger partial charge in [-0.25, -0.2) is 4.79 Å². The number of alkyl halides is 2. The summed E-state index contributed by atoms with van der Waals surface area (Å²) in [5, 5.41) is 3.19. The van der Waals surface area contributed by atoms with Crippen LogP contribution in [0.3, 0.4) is 0 Å². The minimum Gasteiger partial charge on any atom is -0.435 e. The molecule has 1 fully saturated rings. The Balaban J connectivity index is 1.49. The predicted molar refractivity (Wildman–Crippen MR) is 98.9 cm³/mol. The third-order valence-corrected chi connectivity index (χ3v) is 4.57. The van der Waals surface area contributed by atoms with E-state index >= 15 is 0 Å². The van der Waals surface area contributed by atoms with E-state index in [0.717, 1.165) is 6.42 Å². The van der Waals surface area contributed by atoms with Crippen LogP contribution in [0.5, 0.6) is 5.75 Å². The van der Waals surface area contributed by atoms with Gasteiger partial charge in [-0.2, -0.15) is 8.78 Å². The van der Waals surface area contributed by atoms with Crippen LogP contribution in [0.15, 0.2) is 51.7 Å². The second-order valence-electron chi connectivity index (χ2n) is 6.43. The summed E-state index contributed by atoms with van der Waals surface area (Å²) in [5.74, 6) is -0.610. The van der Waals surface area contributed by atoms with Gasteiger partial charge in [0.15, 0.2) is 5.58 Å². The molecule has 2 heterocycles. The molecule has 1 aromatic heterocycles. The Kier molecular flexibility index (Phi) is 4.72. The molecule has 0 bridgehead atoms. The van der Waals surface area contributed by atoms with E-state index in [1.54, 1.807) is 35.2 Å². The summed E-state index contributed by atoms with van der Waals surface area (Å²) >= 11 is 0. The number of H-pyrrole nitrogens is 1. The number of hydrogen-bond donors (Lipinski definition) is 2. The van der Waals surface area contributed by atoms with E-state index in [-0.39, 0.29) is 11.7 Å². The number of hydrogen-bond acceptors (Lipinski definition) is 5. The van der Waals surface area contributed by atoms with E-state index in [4.69, 9.17) is 4.42 Å². The lowest BCUT2D eigenvalue weighted by molar-refractivity contribution is -0.120. The van der Waals surface area contributed by atoms with Gasteiger partial charge in [0, 0.05) is 17.9 Å². The molecule has 1 amide bonds. The molecule has 28 heavy (non-hydrogen) atoms. The number of ether oxygens (including phenoxy) is 1. The van der Waals surface area contributed by atoms with E-state index in [1.807, 2.05) is 0 Å². The second-order valence-corrected chi connectivity index (χ2v) is 6.43. The van der Waals surface area contributed by atoms with Gasteiger partial charge in [0.2, 0.25) is 5.91 Å². The van der Waals surface area contributed by atoms with Gasteiger partial charge in [-0.3, -0.25) is 9.78 Å². The maximum atomic E-state index is 12.9. The summed E-state index contributed by atoms with van der Waals surface area (Å²) in [6.07, 6.45) is 1.44. The largest absolute Gasteiger partial charge is 0.435 e. The standard InChI is InChI=1S/C19H17F2N3O4/c20-18(21)27-13-6-4-12(5-7-13)24-9-1-2-14(17(24)25)22-11-3-8-16-15(10-11)23-19(26)28-16/h3-8,10,14,18,22H,1-2,9H2,(H,23,26). The van der Waals surface area contributed by atoms with Crippen LogP contribution >= 0.6 is 0 Å². The van der Waals surface area contributed by atoms with Crippen molar-refractivity contribution < 1.29 is 22.7 Å². The molecule has 0 spiro atoms. The topological polar surface area (TPSA) is 87.6 Å². The summed E-state index contributed by atoms with van der Waals surface area (Å²) in [4.78, 5) is 28.4.